The van der Waals surface area contributed by atoms with Gasteiger partial charge in [0.25, 0.3) is 0 Å². The van der Waals surface area contributed by atoms with Crippen molar-refractivity contribution in [1.82, 2.24) is 0 Å². The molecule has 0 unspecified atom stereocenters. The van der Waals surface area contributed by atoms with E-state index in [1.807, 2.05) is 0 Å². The molecule has 0 aromatic carbocycles. The van der Waals surface area contributed by atoms with E-state index in [0.29, 0.717) is 0 Å². The molecule has 0 radical (unpaired) electrons. The van der Waals surface area contributed by atoms with Gasteiger partial charge in [-0.2, -0.15) is 0 Å². The Kier molecular flexibility index (Phi) is 2.92. The Morgan fingerprint density at radius 2 is 2.20 bits per heavy atom. The van der Waals surface area contributed by atoms with Gasteiger partial charge in [0.05, 0.1) is 20.1 Å². The van der Waals surface area contributed by atoms with Crippen LogP contribution in [0.15, 0.2) is 0 Å². The fraction of sp³-hybridized carbons (Fsp3) is 0.750. The Bertz CT molecular complexity index is 314. The first-order valence-electron chi connectivity index (χ1n) is 4.40. The zero-order chi connectivity index (χ0) is 11.6. The second kappa shape index (κ2) is 3.84. The largest absolute Gasteiger partial charge is 0.469 e. The summed E-state index contributed by atoms with van der Waals surface area (Å²) in [6, 6.07) is 0. The van der Waals surface area contributed by atoms with Crippen molar-refractivity contribution < 1.29 is 24.0 Å². The van der Waals surface area contributed by atoms with Crippen molar-refractivity contribution in [3.63, 3.8) is 0 Å². The van der Waals surface area contributed by atoms with E-state index in [9.17, 15) is 19.7 Å². The number of carbonyl (C=O) groups excluding carboxylic acids is 2. The van der Waals surface area contributed by atoms with Gasteiger partial charge in [-0.3, -0.25) is 14.9 Å². The fourth-order valence-electron chi connectivity index (χ4n) is 1.43. The highest BCUT2D eigenvalue weighted by Gasteiger charge is 2.77. The minimum atomic E-state index is -1.91. The third-order valence-electron chi connectivity index (χ3n) is 2.37. The van der Waals surface area contributed by atoms with Crippen LogP contribution in [0.1, 0.15) is 13.3 Å². The highest BCUT2D eigenvalue weighted by Crippen LogP contribution is 2.47. The molecule has 2 atom stereocenters. The van der Waals surface area contributed by atoms with E-state index in [2.05, 4.69) is 9.47 Å². The number of esters is 2. The third kappa shape index (κ3) is 1.64. The number of hydrogen-bond donors (Lipinski definition) is 0. The maximum Gasteiger partial charge on any atom is 0.385 e. The Morgan fingerprint density at radius 3 is 2.60 bits per heavy atom. The van der Waals surface area contributed by atoms with E-state index in [-0.39, 0.29) is 13.0 Å². The number of hydrogen-bond acceptors (Lipinski definition) is 6. The molecular weight excluding hydrogens is 206 g/mol. The average molecular weight is 217 g/mol. The number of nitro groups is 1. The quantitative estimate of drug-likeness (QED) is 0.366. The van der Waals surface area contributed by atoms with Crippen molar-refractivity contribution in [3.8, 4) is 0 Å². The highest BCUT2D eigenvalue weighted by molar-refractivity contribution is 5.93. The molecule has 0 heterocycles. The van der Waals surface area contributed by atoms with Gasteiger partial charge in [-0.15, -0.1) is 0 Å². The van der Waals surface area contributed by atoms with E-state index in [4.69, 9.17) is 0 Å². The van der Waals surface area contributed by atoms with Crippen LogP contribution < -0.4 is 0 Å². The molecule has 1 aliphatic rings. The molecule has 0 spiro atoms. The van der Waals surface area contributed by atoms with Gasteiger partial charge in [0.15, 0.2) is 0 Å². The lowest BCUT2D eigenvalue weighted by molar-refractivity contribution is -0.528. The number of methoxy groups -OCH3 is 1. The molecule has 0 bridgehead atoms. The van der Waals surface area contributed by atoms with Crippen molar-refractivity contribution in [3.05, 3.63) is 10.1 Å². The topological polar surface area (TPSA) is 95.7 Å². The predicted molar refractivity (Wildman–Crippen MR) is 46.5 cm³/mol. The molecule has 0 aromatic heterocycles. The minimum absolute atomic E-state index is 0.0440. The maximum atomic E-state index is 11.3. The smallest absolute Gasteiger partial charge is 0.385 e. The van der Waals surface area contributed by atoms with Gasteiger partial charge >= 0.3 is 17.5 Å². The molecule has 1 rings (SSSR count). The summed E-state index contributed by atoms with van der Waals surface area (Å²) >= 11 is 0. The molecule has 0 aliphatic heterocycles. The highest BCUT2D eigenvalue weighted by atomic mass is 16.6. The van der Waals surface area contributed by atoms with Crippen LogP contribution in [0.3, 0.4) is 0 Å². The number of rotatable bonds is 4. The summed E-state index contributed by atoms with van der Waals surface area (Å²) in [6.07, 6.45) is -0.147. The Balaban J connectivity index is 2.82. The van der Waals surface area contributed by atoms with Crippen LogP contribution in [0, 0.1) is 16.0 Å². The van der Waals surface area contributed by atoms with E-state index in [1.165, 1.54) is 0 Å². The van der Waals surface area contributed by atoms with Crippen LogP contribution in [0.4, 0.5) is 0 Å². The summed E-state index contributed by atoms with van der Waals surface area (Å²) in [5, 5.41) is 10.7. The lowest BCUT2D eigenvalue weighted by atomic mass is 10.2. The van der Waals surface area contributed by atoms with Gasteiger partial charge in [0, 0.05) is 4.92 Å². The van der Waals surface area contributed by atoms with Gasteiger partial charge in [-0.1, -0.05) is 0 Å². The third-order valence-corrected chi connectivity index (χ3v) is 2.37. The Hall–Kier alpha value is -1.66. The van der Waals surface area contributed by atoms with Crippen LogP contribution in [-0.4, -0.2) is 36.1 Å². The van der Waals surface area contributed by atoms with Crippen LogP contribution in [0.25, 0.3) is 0 Å². The standard InChI is InChI=1S/C8H11NO6/c1-3-15-7(11)8(9(12)13)4-5(8)6(10)14-2/h5H,3-4H2,1-2H3/t5-,8-/m0/s1. The summed E-state index contributed by atoms with van der Waals surface area (Å²) in [5.74, 6) is -2.73. The summed E-state index contributed by atoms with van der Waals surface area (Å²) in [4.78, 5) is 32.4. The van der Waals surface area contributed by atoms with Crippen molar-refractivity contribution in [2.45, 2.75) is 18.9 Å². The van der Waals surface area contributed by atoms with E-state index in [1.54, 1.807) is 6.92 Å². The Labute approximate surface area is 85.5 Å². The van der Waals surface area contributed by atoms with Gasteiger partial charge in [-0.25, -0.2) is 4.79 Å². The van der Waals surface area contributed by atoms with Gasteiger partial charge in [-0.05, 0) is 6.92 Å². The molecule has 1 aliphatic carbocycles. The van der Waals surface area contributed by atoms with E-state index in [0.717, 1.165) is 7.11 Å². The first-order valence-corrected chi connectivity index (χ1v) is 4.40. The van der Waals surface area contributed by atoms with Gasteiger partial charge in [0.1, 0.15) is 5.92 Å². The molecule has 15 heavy (non-hydrogen) atoms. The van der Waals surface area contributed by atoms with Gasteiger partial charge < -0.3 is 9.47 Å². The summed E-state index contributed by atoms with van der Waals surface area (Å²) in [6.45, 7) is 1.59. The number of nitrogens with zero attached hydrogens (tertiary/aromatic N) is 1. The first kappa shape index (κ1) is 11.4. The molecule has 0 saturated heterocycles. The van der Waals surface area contributed by atoms with Crippen molar-refractivity contribution >= 4 is 11.9 Å². The number of ether oxygens (including phenoxy) is 2. The van der Waals surface area contributed by atoms with Crippen LogP contribution >= 0.6 is 0 Å². The second-order valence-corrected chi connectivity index (χ2v) is 3.18. The Morgan fingerprint density at radius 1 is 1.60 bits per heavy atom. The monoisotopic (exact) mass is 217 g/mol. The lowest BCUT2D eigenvalue weighted by Gasteiger charge is -2.07. The number of carbonyl (C=O) groups is 2. The zero-order valence-electron chi connectivity index (χ0n) is 8.39. The minimum Gasteiger partial charge on any atom is -0.469 e. The molecule has 7 nitrogen and oxygen atoms in total. The normalized spacial score (nSPS) is 28.0. The molecule has 0 amide bonds. The molecule has 0 N–H and O–H groups in total. The molecule has 1 saturated carbocycles. The van der Waals surface area contributed by atoms with Crippen LogP contribution in [-0.2, 0) is 19.1 Å². The molecule has 0 aromatic rings. The van der Waals surface area contributed by atoms with Crippen LogP contribution in [0.5, 0.6) is 0 Å². The molecule has 1 fully saturated rings. The summed E-state index contributed by atoms with van der Waals surface area (Å²) in [7, 11) is 1.12. The molecule has 7 heteroatoms. The van der Waals surface area contributed by atoms with Gasteiger partial charge in [0.2, 0.25) is 0 Å². The fourth-order valence-corrected chi connectivity index (χ4v) is 1.43. The van der Waals surface area contributed by atoms with Crippen molar-refractivity contribution in [2.75, 3.05) is 13.7 Å². The van der Waals surface area contributed by atoms with Crippen LogP contribution in [0.2, 0.25) is 0 Å². The zero-order valence-corrected chi connectivity index (χ0v) is 8.39. The average Bonchev–Trinajstić information content (AvgIpc) is 2.93. The molecule has 84 valence electrons. The SMILES string of the molecule is CCOC(=O)[C@]1([N+](=O)[O-])C[C@H]1C(=O)OC. The maximum absolute atomic E-state index is 11.3. The van der Waals surface area contributed by atoms with Crippen molar-refractivity contribution in [2.24, 2.45) is 5.92 Å². The molecular formula is C8H11NO6. The lowest BCUT2D eigenvalue weighted by Crippen LogP contribution is -2.37. The van der Waals surface area contributed by atoms with E-state index >= 15 is 0 Å². The second-order valence-electron chi connectivity index (χ2n) is 3.18. The first-order chi connectivity index (χ1) is 7.00. The van der Waals surface area contributed by atoms with E-state index < -0.39 is 28.3 Å². The summed E-state index contributed by atoms with van der Waals surface area (Å²) in [5.41, 5.74) is -1.91. The van der Waals surface area contributed by atoms with Crippen molar-refractivity contribution in [1.29, 1.82) is 0 Å². The summed E-state index contributed by atoms with van der Waals surface area (Å²) < 4.78 is 8.92. The predicted octanol–water partition coefficient (Wildman–Crippen LogP) is -0.242.